The number of methoxy groups -OCH3 is 1. The molecular weight excluding hydrogens is 418 g/mol. The molecule has 3 aromatic carbocycles. The molecule has 33 heavy (non-hydrogen) atoms. The van der Waals surface area contributed by atoms with E-state index in [4.69, 9.17) is 9.15 Å². The summed E-state index contributed by atoms with van der Waals surface area (Å²) in [7, 11) is 1.52. The molecular formula is C27H21NO5. The quantitative estimate of drug-likeness (QED) is 0.414. The Kier molecular flexibility index (Phi) is 4.98. The average Bonchev–Trinajstić information content (AvgIpc) is 3.39. The van der Waals surface area contributed by atoms with E-state index in [1.165, 1.54) is 12.0 Å². The summed E-state index contributed by atoms with van der Waals surface area (Å²) in [6, 6.07) is 22.7. The van der Waals surface area contributed by atoms with Gasteiger partial charge in [0.1, 0.15) is 0 Å². The molecule has 1 aliphatic rings. The van der Waals surface area contributed by atoms with E-state index in [9.17, 15) is 14.7 Å². The number of hydrogen-bond donors (Lipinski definition) is 1. The van der Waals surface area contributed by atoms with Crippen LogP contribution in [0.3, 0.4) is 0 Å². The Morgan fingerprint density at radius 1 is 1.00 bits per heavy atom. The molecule has 2 heterocycles. The van der Waals surface area contributed by atoms with E-state index in [1.807, 2.05) is 49.4 Å². The van der Waals surface area contributed by atoms with Gasteiger partial charge in [-0.1, -0.05) is 60.2 Å². The molecule has 6 nitrogen and oxygen atoms in total. The zero-order chi connectivity index (χ0) is 23.1. The van der Waals surface area contributed by atoms with Crippen LogP contribution < -0.4 is 9.64 Å². The molecule has 6 heteroatoms. The number of para-hydroxylation sites is 1. The summed E-state index contributed by atoms with van der Waals surface area (Å²) in [5, 5.41) is 11.6. The van der Waals surface area contributed by atoms with Crippen LogP contribution in [0.25, 0.3) is 11.0 Å². The number of carbonyl (C=O) groups is 2. The first kappa shape index (κ1) is 20.6. The number of nitrogens with zero attached hydrogens (tertiary/aromatic N) is 1. The van der Waals surface area contributed by atoms with Crippen LogP contribution in [0.2, 0.25) is 0 Å². The third kappa shape index (κ3) is 3.36. The second-order valence-electron chi connectivity index (χ2n) is 7.90. The number of fused-ring (bicyclic) bond motifs is 1. The Bertz CT molecular complexity index is 1400. The number of aliphatic hydroxyl groups excluding tert-OH is 1. The van der Waals surface area contributed by atoms with Crippen molar-refractivity contribution in [3.8, 4) is 5.75 Å². The predicted octanol–water partition coefficient (Wildman–Crippen LogP) is 5.53. The number of hydrogen-bond acceptors (Lipinski definition) is 5. The number of carbonyl (C=O) groups excluding carboxylic acids is 2. The van der Waals surface area contributed by atoms with Crippen LogP contribution >= 0.6 is 0 Å². The number of ether oxygens (including phenoxy) is 1. The minimum absolute atomic E-state index is 0.0233. The summed E-state index contributed by atoms with van der Waals surface area (Å²) in [6.07, 6.45) is 0. The first-order valence-electron chi connectivity index (χ1n) is 10.5. The van der Waals surface area contributed by atoms with Gasteiger partial charge in [-0.3, -0.25) is 14.5 Å². The molecule has 164 valence electrons. The highest BCUT2D eigenvalue weighted by Crippen LogP contribution is 2.42. The maximum absolute atomic E-state index is 13.7. The number of anilines is 1. The molecule has 0 radical (unpaired) electrons. The van der Waals surface area contributed by atoms with E-state index in [2.05, 4.69) is 0 Å². The smallest absolute Gasteiger partial charge is 0.294 e. The van der Waals surface area contributed by atoms with Crippen LogP contribution in [0.15, 0.2) is 94.6 Å². The van der Waals surface area contributed by atoms with Gasteiger partial charge in [0.15, 0.2) is 22.9 Å². The van der Waals surface area contributed by atoms with Crippen LogP contribution in [0, 0.1) is 6.92 Å². The largest absolute Gasteiger partial charge is 0.503 e. The number of ketones is 1. The summed E-state index contributed by atoms with van der Waals surface area (Å²) in [5.74, 6) is -1.25. The van der Waals surface area contributed by atoms with Gasteiger partial charge in [-0.25, -0.2) is 0 Å². The highest BCUT2D eigenvalue weighted by molar-refractivity contribution is 6.20. The molecule has 4 aromatic rings. The number of amides is 1. The summed E-state index contributed by atoms with van der Waals surface area (Å²) in [5.41, 5.74) is 2.73. The first-order chi connectivity index (χ1) is 16.0. The highest BCUT2D eigenvalue weighted by atomic mass is 16.5. The Morgan fingerprint density at radius 3 is 2.42 bits per heavy atom. The van der Waals surface area contributed by atoms with Crippen LogP contribution in [0.1, 0.15) is 27.7 Å². The van der Waals surface area contributed by atoms with Gasteiger partial charge in [0, 0.05) is 11.1 Å². The lowest BCUT2D eigenvalue weighted by molar-refractivity contribution is -0.117. The third-order valence-corrected chi connectivity index (χ3v) is 5.83. The van der Waals surface area contributed by atoms with Crippen molar-refractivity contribution in [3.05, 3.63) is 107 Å². The molecule has 0 saturated heterocycles. The molecule has 0 bridgehead atoms. The second-order valence-corrected chi connectivity index (χ2v) is 7.90. The molecule has 0 spiro atoms. The SMILES string of the molecule is COc1cccc2cc(C(=O)C3=C(O)C(=O)N(c4ccc(C)cc4)C3c3ccccc3)oc12. The Hall–Kier alpha value is -4.32. The number of Topliss-reactive ketones (excluding diaryl/α,β-unsaturated/α-hetero) is 1. The highest BCUT2D eigenvalue weighted by Gasteiger charge is 2.45. The van der Waals surface area contributed by atoms with Crippen molar-refractivity contribution in [1.29, 1.82) is 0 Å². The lowest BCUT2D eigenvalue weighted by Crippen LogP contribution is -2.31. The molecule has 5 rings (SSSR count). The fraction of sp³-hybridized carbons (Fsp3) is 0.111. The maximum atomic E-state index is 13.7. The molecule has 0 fully saturated rings. The average molecular weight is 439 g/mol. The van der Waals surface area contributed by atoms with Crippen molar-refractivity contribution >= 4 is 28.3 Å². The Balaban J connectivity index is 1.65. The van der Waals surface area contributed by atoms with Crippen molar-refractivity contribution in [1.82, 2.24) is 0 Å². The lowest BCUT2D eigenvalue weighted by Gasteiger charge is -2.26. The molecule has 0 aliphatic carbocycles. The van der Waals surface area contributed by atoms with Crippen LogP contribution in [0.4, 0.5) is 5.69 Å². The first-order valence-corrected chi connectivity index (χ1v) is 10.5. The second kappa shape index (κ2) is 7.98. The van der Waals surface area contributed by atoms with Crippen LogP contribution in [-0.4, -0.2) is 23.9 Å². The zero-order valence-electron chi connectivity index (χ0n) is 18.1. The standard InChI is InChI=1S/C27H21NO5/c1-16-11-13-19(14-12-16)28-23(17-7-4-3-5-8-17)22(25(30)27(28)31)24(29)21-15-18-9-6-10-20(32-2)26(18)33-21/h3-15,23,30H,1-2H3. The van der Waals surface area contributed by atoms with Crippen LogP contribution in [-0.2, 0) is 4.79 Å². The molecule has 1 N–H and O–H groups in total. The van der Waals surface area contributed by atoms with Gasteiger partial charge in [-0.15, -0.1) is 0 Å². The summed E-state index contributed by atoms with van der Waals surface area (Å²) in [4.78, 5) is 28.3. The minimum atomic E-state index is -0.802. The molecule has 1 unspecified atom stereocenters. The summed E-state index contributed by atoms with van der Waals surface area (Å²) in [6.45, 7) is 1.95. The fourth-order valence-corrected chi connectivity index (χ4v) is 4.20. The Labute approximate surface area is 190 Å². The zero-order valence-corrected chi connectivity index (χ0v) is 18.1. The predicted molar refractivity (Wildman–Crippen MR) is 125 cm³/mol. The van der Waals surface area contributed by atoms with E-state index in [1.54, 1.807) is 36.4 Å². The number of rotatable bonds is 5. The van der Waals surface area contributed by atoms with Crippen molar-refractivity contribution in [2.45, 2.75) is 13.0 Å². The van der Waals surface area contributed by atoms with Crippen molar-refractivity contribution < 1.29 is 23.8 Å². The topological polar surface area (TPSA) is 80.0 Å². The molecule has 0 saturated carbocycles. The number of furan rings is 1. The van der Waals surface area contributed by atoms with Crippen molar-refractivity contribution in [3.63, 3.8) is 0 Å². The van der Waals surface area contributed by atoms with Gasteiger partial charge in [0.2, 0.25) is 5.78 Å². The number of benzene rings is 3. The fourth-order valence-electron chi connectivity index (χ4n) is 4.20. The Morgan fingerprint density at radius 2 is 1.73 bits per heavy atom. The summed E-state index contributed by atoms with van der Waals surface area (Å²) < 4.78 is 11.2. The number of aryl methyl sites for hydroxylation is 1. The normalized spacial score (nSPS) is 16.0. The van der Waals surface area contributed by atoms with Gasteiger partial charge >= 0.3 is 0 Å². The third-order valence-electron chi connectivity index (χ3n) is 5.83. The van der Waals surface area contributed by atoms with Crippen molar-refractivity contribution in [2.75, 3.05) is 12.0 Å². The van der Waals surface area contributed by atoms with Gasteiger partial charge in [-0.2, -0.15) is 0 Å². The molecule has 1 amide bonds. The monoisotopic (exact) mass is 439 g/mol. The van der Waals surface area contributed by atoms with E-state index < -0.39 is 23.5 Å². The molecule has 1 atom stereocenters. The van der Waals surface area contributed by atoms with Gasteiger partial charge in [0.05, 0.1) is 18.7 Å². The van der Waals surface area contributed by atoms with Gasteiger partial charge in [0.25, 0.3) is 5.91 Å². The van der Waals surface area contributed by atoms with Crippen LogP contribution in [0.5, 0.6) is 5.75 Å². The van der Waals surface area contributed by atoms with E-state index >= 15 is 0 Å². The number of aliphatic hydroxyl groups is 1. The molecule has 1 aliphatic heterocycles. The lowest BCUT2D eigenvalue weighted by atomic mass is 9.94. The van der Waals surface area contributed by atoms with Crippen molar-refractivity contribution in [2.24, 2.45) is 0 Å². The van der Waals surface area contributed by atoms with E-state index in [-0.39, 0.29) is 11.3 Å². The van der Waals surface area contributed by atoms with Gasteiger partial charge in [-0.05, 0) is 36.8 Å². The molecule has 1 aromatic heterocycles. The summed E-state index contributed by atoms with van der Waals surface area (Å²) >= 11 is 0. The maximum Gasteiger partial charge on any atom is 0.294 e. The minimum Gasteiger partial charge on any atom is -0.503 e. The van der Waals surface area contributed by atoms with E-state index in [0.717, 1.165) is 5.56 Å². The van der Waals surface area contributed by atoms with E-state index in [0.29, 0.717) is 28.0 Å². The van der Waals surface area contributed by atoms with Gasteiger partial charge < -0.3 is 14.3 Å².